The van der Waals surface area contributed by atoms with Crippen LogP contribution in [0.25, 0.3) is 31.7 Å². The van der Waals surface area contributed by atoms with Gasteiger partial charge in [0.15, 0.2) is 0 Å². The topological polar surface area (TPSA) is 77.6 Å². The first kappa shape index (κ1) is 11.2. The van der Waals surface area contributed by atoms with E-state index in [0.29, 0.717) is 5.82 Å². The standard InChI is InChI=1S/C14H9N5S/c15-13-12-11(17-7-18-13)9-3-4-10(19-14(9)20-12)8-2-1-5-16-6-8/h1-7H,(H2,15,17,18). The highest BCUT2D eigenvalue weighted by molar-refractivity contribution is 7.25. The fraction of sp³-hybridized carbons (Fsp3) is 0. The lowest BCUT2D eigenvalue weighted by Crippen LogP contribution is -1.89. The lowest BCUT2D eigenvalue weighted by atomic mass is 10.2. The summed E-state index contributed by atoms with van der Waals surface area (Å²) in [6.07, 6.45) is 5.03. The molecule has 0 amide bonds. The van der Waals surface area contributed by atoms with Gasteiger partial charge in [-0.3, -0.25) is 4.98 Å². The van der Waals surface area contributed by atoms with Crippen LogP contribution in [0.2, 0.25) is 0 Å². The van der Waals surface area contributed by atoms with Crippen molar-refractivity contribution in [2.24, 2.45) is 0 Å². The summed E-state index contributed by atoms with van der Waals surface area (Å²) in [6.45, 7) is 0. The lowest BCUT2D eigenvalue weighted by molar-refractivity contribution is 1.24. The Morgan fingerprint density at radius 3 is 2.90 bits per heavy atom. The third-order valence-electron chi connectivity index (χ3n) is 3.10. The quantitative estimate of drug-likeness (QED) is 0.579. The first-order valence-corrected chi connectivity index (χ1v) is 6.85. The van der Waals surface area contributed by atoms with Gasteiger partial charge in [-0.05, 0) is 24.3 Å². The summed E-state index contributed by atoms with van der Waals surface area (Å²) in [6, 6.07) is 7.89. The Morgan fingerprint density at radius 2 is 2.05 bits per heavy atom. The van der Waals surface area contributed by atoms with Crippen LogP contribution in [0.15, 0.2) is 43.0 Å². The first-order valence-electron chi connectivity index (χ1n) is 6.03. The van der Waals surface area contributed by atoms with E-state index in [2.05, 4.69) is 19.9 Å². The molecule has 96 valence electrons. The number of nitrogen functional groups attached to an aromatic ring is 1. The molecule has 0 aliphatic rings. The molecule has 4 rings (SSSR count). The minimum Gasteiger partial charge on any atom is -0.382 e. The summed E-state index contributed by atoms with van der Waals surface area (Å²) in [5, 5.41) is 1.01. The highest BCUT2D eigenvalue weighted by atomic mass is 32.1. The highest BCUT2D eigenvalue weighted by Crippen LogP contribution is 2.34. The van der Waals surface area contributed by atoms with Crippen molar-refractivity contribution in [1.82, 2.24) is 19.9 Å². The zero-order valence-corrected chi connectivity index (χ0v) is 11.1. The highest BCUT2D eigenvalue weighted by Gasteiger charge is 2.11. The number of hydrogen-bond donors (Lipinski definition) is 1. The smallest absolute Gasteiger partial charge is 0.144 e. The average Bonchev–Trinajstić information content (AvgIpc) is 2.87. The Balaban J connectivity index is 2.01. The van der Waals surface area contributed by atoms with Gasteiger partial charge in [-0.25, -0.2) is 15.0 Å². The van der Waals surface area contributed by atoms with E-state index in [1.165, 1.54) is 17.7 Å². The van der Waals surface area contributed by atoms with Crippen molar-refractivity contribution in [3.05, 3.63) is 43.0 Å². The summed E-state index contributed by atoms with van der Waals surface area (Å²) in [7, 11) is 0. The van der Waals surface area contributed by atoms with Gasteiger partial charge in [0.05, 0.1) is 15.9 Å². The molecular weight excluding hydrogens is 270 g/mol. The number of hydrogen-bond acceptors (Lipinski definition) is 6. The molecule has 6 heteroatoms. The molecule has 0 radical (unpaired) electrons. The second-order valence-corrected chi connectivity index (χ2v) is 5.33. The van der Waals surface area contributed by atoms with Gasteiger partial charge in [0.2, 0.25) is 0 Å². The molecule has 0 aliphatic carbocycles. The monoisotopic (exact) mass is 279 g/mol. The van der Waals surface area contributed by atoms with Gasteiger partial charge < -0.3 is 5.73 Å². The van der Waals surface area contributed by atoms with Crippen molar-refractivity contribution in [3.8, 4) is 11.3 Å². The maximum Gasteiger partial charge on any atom is 0.144 e. The van der Waals surface area contributed by atoms with Gasteiger partial charge in [-0.1, -0.05) is 0 Å². The fourth-order valence-electron chi connectivity index (χ4n) is 2.15. The summed E-state index contributed by atoms with van der Waals surface area (Å²) < 4.78 is 0.887. The van der Waals surface area contributed by atoms with Crippen LogP contribution in [0.5, 0.6) is 0 Å². The van der Waals surface area contributed by atoms with Gasteiger partial charge in [-0.15, -0.1) is 11.3 Å². The molecule has 0 saturated heterocycles. The van der Waals surface area contributed by atoms with Gasteiger partial charge in [0.25, 0.3) is 0 Å². The molecule has 4 aromatic rings. The van der Waals surface area contributed by atoms with E-state index < -0.39 is 0 Å². The molecule has 0 spiro atoms. The molecule has 20 heavy (non-hydrogen) atoms. The van der Waals surface area contributed by atoms with E-state index in [-0.39, 0.29) is 0 Å². The van der Waals surface area contributed by atoms with Gasteiger partial charge in [0, 0.05) is 23.3 Å². The summed E-state index contributed by atoms with van der Waals surface area (Å²) in [5.41, 5.74) is 8.64. The third kappa shape index (κ3) is 1.62. The predicted molar refractivity (Wildman–Crippen MR) is 80.4 cm³/mol. The summed E-state index contributed by atoms with van der Waals surface area (Å²) in [4.78, 5) is 18.0. The van der Waals surface area contributed by atoms with Crippen molar-refractivity contribution in [2.75, 3.05) is 5.73 Å². The normalized spacial score (nSPS) is 11.2. The Morgan fingerprint density at radius 1 is 1.10 bits per heavy atom. The van der Waals surface area contributed by atoms with Gasteiger partial charge >= 0.3 is 0 Å². The van der Waals surface area contributed by atoms with E-state index in [9.17, 15) is 0 Å². The molecule has 0 saturated carbocycles. The van der Waals surface area contributed by atoms with E-state index in [0.717, 1.165) is 31.7 Å². The molecule has 0 aliphatic heterocycles. The number of anilines is 1. The third-order valence-corrected chi connectivity index (χ3v) is 4.21. The van der Waals surface area contributed by atoms with E-state index in [4.69, 9.17) is 5.73 Å². The van der Waals surface area contributed by atoms with Crippen LogP contribution < -0.4 is 5.73 Å². The number of pyridine rings is 2. The Hall–Kier alpha value is -2.60. The molecule has 5 nitrogen and oxygen atoms in total. The number of aromatic nitrogens is 4. The molecule has 0 atom stereocenters. The second kappa shape index (κ2) is 4.21. The number of nitrogens with two attached hydrogens (primary N) is 1. The maximum absolute atomic E-state index is 5.89. The van der Waals surface area contributed by atoms with Crippen LogP contribution in [0, 0.1) is 0 Å². The van der Waals surface area contributed by atoms with Crippen molar-refractivity contribution in [3.63, 3.8) is 0 Å². The van der Waals surface area contributed by atoms with Crippen LogP contribution in [-0.4, -0.2) is 19.9 Å². The van der Waals surface area contributed by atoms with E-state index in [1.807, 2.05) is 24.3 Å². The Kier molecular flexibility index (Phi) is 2.37. The average molecular weight is 279 g/mol. The zero-order valence-electron chi connectivity index (χ0n) is 10.3. The predicted octanol–water partition coefficient (Wildman–Crippen LogP) is 2.88. The molecular formula is C14H9N5S. The fourth-order valence-corrected chi connectivity index (χ4v) is 3.18. The lowest BCUT2D eigenvalue weighted by Gasteiger charge is -1.99. The minimum absolute atomic E-state index is 0.501. The summed E-state index contributed by atoms with van der Waals surface area (Å²) in [5.74, 6) is 0.501. The molecule has 0 unspecified atom stereocenters. The first-order chi connectivity index (χ1) is 9.83. The van der Waals surface area contributed by atoms with Crippen molar-refractivity contribution < 1.29 is 0 Å². The van der Waals surface area contributed by atoms with Crippen molar-refractivity contribution in [1.29, 1.82) is 0 Å². The Labute approximate surface area is 118 Å². The molecule has 2 N–H and O–H groups in total. The van der Waals surface area contributed by atoms with Crippen LogP contribution in [0.1, 0.15) is 0 Å². The number of fused-ring (bicyclic) bond motifs is 3. The largest absolute Gasteiger partial charge is 0.382 e. The second-order valence-electron chi connectivity index (χ2n) is 4.33. The number of nitrogens with zero attached hydrogens (tertiary/aromatic N) is 4. The minimum atomic E-state index is 0.501. The zero-order chi connectivity index (χ0) is 13.5. The molecule has 0 bridgehead atoms. The van der Waals surface area contributed by atoms with Crippen LogP contribution in [-0.2, 0) is 0 Å². The number of rotatable bonds is 1. The SMILES string of the molecule is Nc1ncnc2c1sc1nc(-c3cccnc3)ccc12. The Bertz CT molecular complexity index is 917. The van der Waals surface area contributed by atoms with Crippen molar-refractivity contribution >= 4 is 37.6 Å². The molecule has 0 aromatic carbocycles. The van der Waals surface area contributed by atoms with Crippen LogP contribution in [0.3, 0.4) is 0 Å². The van der Waals surface area contributed by atoms with Crippen LogP contribution >= 0.6 is 11.3 Å². The van der Waals surface area contributed by atoms with Gasteiger partial charge in [-0.2, -0.15) is 0 Å². The summed E-state index contributed by atoms with van der Waals surface area (Å²) >= 11 is 1.52. The van der Waals surface area contributed by atoms with E-state index >= 15 is 0 Å². The molecule has 0 fully saturated rings. The van der Waals surface area contributed by atoms with Crippen LogP contribution in [0.4, 0.5) is 5.82 Å². The maximum atomic E-state index is 5.89. The van der Waals surface area contributed by atoms with Crippen molar-refractivity contribution in [2.45, 2.75) is 0 Å². The number of thiophene rings is 1. The van der Waals surface area contributed by atoms with E-state index in [1.54, 1.807) is 12.4 Å². The molecule has 4 heterocycles. The molecule has 4 aromatic heterocycles. The van der Waals surface area contributed by atoms with Gasteiger partial charge in [0.1, 0.15) is 17.0 Å².